The first-order chi connectivity index (χ1) is 7.00. The summed E-state index contributed by atoms with van der Waals surface area (Å²) in [4.78, 5) is 21.4. The minimum Gasteiger partial charge on any atom is -0.508 e. The predicted molar refractivity (Wildman–Crippen MR) is 51.2 cm³/mol. The van der Waals surface area contributed by atoms with Crippen LogP contribution < -0.4 is 11.1 Å². The zero-order chi connectivity index (χ0) is 11.4. The van der Waals surface area contributed by atoms with Crippen molar-refractivity contribution in [2.45, 2.75) is 6.04 Å². The molecule has 0 fully saturated rings. The summed E-state index contributed by atoms with van der Waals surface area (Å²) < 4.78 is 0. The number of carbonyl (C=O) groups is 2. The monoisotopic (exact) mass is 210 g/mol. The molecule has 0 saturated carbocycles. The number of phenols is 1. The molecule has 1 atom stereocenters. The van der Waals surface area contributed by atoms with Crippen molar-refractivity contribution >= 4 is 12.0 Å². The average molecular weight is 210 g/mol. The van der Waals surface area contributed by atoms with E-state index in [2.05, 4.69) is 5.32 Å². The molecule has 1 rings (SSSR count). The van der Waals surface area contributed by atoms with Gasteiger partial charge in [0.15, 0.2) is 6.04 Å². The molecule has 0 spiro atoms. The summed E-state index contributed by atoms with van der Waals surface area (Å²) in [5.74, 6) is -1.33. The first-order valence-corrected chi connectivity index (χ1v) is 4.08. The molecule has 0 bridgehead atoms. The first kappa shape index (κ1) is 10.8. The second kappa shape index (κ2) is 4.32. The zero-order valence-electron chi connectivity index (χ0n) is 7.68. The number of carbonyl (C=O) groups excluding carboxylic acids is 1. The second-order valence-electron chi connectivity index (χ2n) is 2.87. The topological polar surface area (TPSA) is 113 Å². The van der Waals surface area contributed by atoms with Crippen LogP contribution in [0.4, 0.5) is 4.79 Å². The number of hydrogen-bond donors (Lipinski definition) is 4. The van der Waals surface area contributed by atoms with Crippen molar-refractivity contribution in [3.63, 3.8) is 0 Å². The van der Waals surface area contributed by atoms with Gasteiger partial charge in [-0.25, -0.2) is 9.59 Å². The Balaban J connectivity index is 2.98. The summed E-state index contributed by atoms with van der Waals surface area (Å²) in [6, 6.07) is 3.39. The number of benzene rings is 1. The first-order valence-electron chi connectivity index (χ1n) is 4.08. The third-order valence-electron chi connectivity index (χ3n) is 1.74. The molecule has 6 heteroatoms. The summed E-state index contributed by atoms with van der Waals surface area (Å²) in [5, 5.41) is 20.0. The van der Waals surface area contributed by atoms with E-state index in [0.29, 0.717) is 0 Å². The third kappa shape index (κ3) is 2.87. The van der Waals surface area contributed by atoms with Crippen molar-refractivity contribution in [3.8, 4) is 5.75 Å². The van der Waals surface area contributed by atoms with Gasteiger partial charge in [-0.15, -0.1) is 0 Å². The molecule has 1 aromatic rings. The van der Waals surface area contributed by atoms with Gasteiger partial charge in [-0.3, -0.25) is 0 Å². The number of carboxylic acids is 1. The van der Waals surface area contributed by atoms with E-state index in [4.69, 9.17) is 15.9 Å². The molecule has 1 aromatic carbocycles. The molecule has 0 aliphatic carbocycles. The van der Waals surface area contributed by atoms with Crippen molar-refractivity contribution in [1.29, 1.82) is 0 Å². The van der Waals surface area contributed by atoms with Gasteiger partial charge in [0, 0.05) is 0 Å². The van der Waals surface area contributed by atoms with Gasteiger partial charge in [0.25, 0.3) is 0 Å². The lowest BCUT2D eigenvalue weighted by Crippen LogP contribution is -2.37. The van der Waals surface area contributed by atoms with Crippen LogP contribution in [0.3, 0.4) is 0 Å². The molecule has 0 aromatic heterocycles. The van der Waals surface area contributed by atoms with E-state index in [1.807, 2.05) is 0 Å². The van der Waals surface area contributed by atoms with E-state index in [0.717, 1.165) is 0 Å². The van der Waals surface area contributed by atoms with E-state index < -0.39 is 18.0 Å². The SMILES string of the molecule is NC(=O)NC(C(=O)O)c1cccc(O)c1. The van der Waals surface area contributed by atoms with Crippen molar-refractivity contribution < 1.29 is 19.8 Å². The number of nitrogens with one attached hydrogen (secondary N) is 1. The van der Waals surface area contributed by atoms with Gasteiger partial charge in [-0.1, -0.05) is 12.1 Å². The highest BCUT2D eigenvalue weighted by molar-refractivity contribution is 5.82. The van der Waals surface area contributed by atoms with Crippen molar-refractivity contribution in [3.05, 3.63) is 29.8 Å². The molecule has 15 heavy (non-hydrogen) atoms. The van der Waals surface area contributed by atoms with E-state index in [1.165, 1.54) is 24.3 Å². The van der Waals surface area contributed by atoms with Crippen LogP contribution in [-0.2, 0) is 4.79 Å². The van der Waals surface area contributed by atoms with E-state index in [1.54, 1.807) is 0 Å². The summed E-state index contributed by atoms with van der Waals surface area (Å²) in [6.45, 7) is 0. The van der Waals surface area contributed by atoms with Gasteiger partial charge in [0.05, 0.1) is 0 Å². The Labute approximate surface area is 85.3 Å². The van der Waals surface area contributed by atoms with E-state index in [9.17, 15) is 9.59 Å². The fraction of sp³-hybridized carbons (Fsp3) is 0.111. The summed E-state index contributed by atoms with van der Waals surface area (Å²) in [5.41, 5.74) is 5.08. The Morgan fingerprint density at radius 2 is 2.07 bits per heavy atom. The number of hydrogen-bond acceptors (Lipinski definition) is 3. The quantitative estimate of drug-likeness (QED) is 0.570. The van der Waals surface area contributed by atoms with Gasteiger partial charge in [-0.05, 0) is 17.7 Å². The number of carboxylic acid groups (broad SMARTS) is 1. The lowest BCUT2D eigenvalue weighted by Gasteiger charge is -2.13. The highest BCUT2D eigenvalue weighted by atomic mass is 16.4. The molecule has 1 unspecified atom stereocenters. The Bertz CT molecular complexity index is 391. The summed E-state index contributed by atoms with van der Waals surface area (Å²) in [7, 11) is 0. The lowest BCUT2D eigenvalue weighted by molar-refractivity contribution is -0.139. The minimum atomic E-state index is -1.26. The normalized spacial score (nSPS) is 11.7. The van der Waals surface area contributed by atoms with E-state index in [-0.39, 0.29) is 11.3 Å². The van der Waals surface area contributed by atoms with Crippen LogP contribution in [0.5, 0.6) is 5.75 Å². The lowest BCUT2D eigenvalue weighted by atomic mass is 10.1. The standard InChI is InChI=1S/C9H10N2O4/c10-9(15)11-7(8(13)14)5-2-1-3-6(12)4-5/h1-4,7,12H,(H,13,14)(H3,10,11,15). The summed E-state index contributed by atoms with van der Waals surface area (Å²) in [6.07, 6.45) is 0. The van der Waals surface area contributed by atoms with Crippen LogP contribution in [0.2, 0.25) is 0 Å². The van der Waals surface area contributed by atoms with E-state index >= 15 is 0 Å². The van der Waals surface area contributed by atoms with Crippen LogP contribution in [-0.4, -0.2) is 22.2 Å². The smallest absolute Gasteiger partial charge is 0.330 e. The van der Waals surface area contributed by atoms with Crippen LogP contribution in [0.15, 0.2) is 24.3 Å². The van der Waals surface area contributed by atoms with Crippen LogP contribution in [0.25, 0.3) is 0 Å². The van der Waals surface area contributed by atoms with Crippen molar-refractivity contribution in [1.82, 2.24) is 5.32 Å². The molecule has 0 radical (unpaired) electrons. The van der Waals surface area contributed by atoms with Crippen LogP contribution in [0.1, 0.15) is 11.6 Å². The number of nitrogens with two attached hydrogens (primary N) is 1. The highest BCUT2D eigenvalue weighted by Gasteiger charge is 2.20. The number of aliphatic carboxylic acids is 1. The molecule has 0 aliphatic heterocycles. The van der Waals surface area contributed by atoms with Crippen LogP contribution in [0, 0.1) is 0 Å². The molecule has 0 aliphatic rings. The minimum absolute atomic E-state index is 0.0787. The van der Waals surface area contributed by atoms with Gasteiger partial charge in [0.1, 0.15) is 5.75 Å². The largest absolute Gasteiger partial charge is 0.508 e. The Kier molecular flexibility index (Phi) is 3.12. The highest BCUT2D eigenvalue weighted by Crippen LogP contribution is 2.18. The number of urea groups is 1. The fourth-order valence-corrected chi connectivity index (χ4v) is 1.13. The average Bonchev–Trinajstić information content (AvgIpc) is 2.13. The molecular weight excluding hydrogens is 200 g/mol. The van der Waals surface area contributed by atoms with Crippen molar-refractivity contribution in [2.75, 3.05) is 0 Å². The van der Waals surface area contributed by atoms with Gasteiger partial charge in [0.2, 0.25) is 0 Å². The fourth-order valence-electron chi connectivity index (χ4n) is 1.13. The predicted octanol–water partition coefficient (Wildman–Crippen LogP) is 0.186. The maximum absolute atomic E-state index is 10.8. The maximum atomic E-state index is 10.8. The maximum Gasteiger partial charge on any atom is 0.330 e. The molecule has 0 saturated heterocycles. The second-order valence-corrected chi connectivity index (χ2v) is 2.87. The Morgan fingerprint density at radius 3 is 2.53 bits per heavy atom. The van der Waals surface area contributed by atoms with Gasteiger partial charge in [-0.2, -0.15) is 0 Å². The number of rotatable bonds is 3. The molecule has 6 nitrogen and oxygen atoms in total. The van der Waals surface area contributed by atoms with Crippen molar-refractivity contribution in [2.24, 2.45) is 5.73 Å². The molecule has 80 valence electrons. The van der Waals surface area contributed by atoms with Gasteiger partial charge >= 0.3 is 12.0 Å². The number of primary amides is 1. The van der Waals surface area contributed by atoms with Crippen LogP contribution >= 0.6 is 0 Å². The number of phenolic OH excluding ortho intramolecular Hbond substituents is 1. The molecule has 5 N–H and O–H groups in total. The number of amides is 2. The molecule has 0 heterocycles. The van der Waals surface area contributed by atoms with Gasteiger partial charge < -0.3 is 21.3 Å². The third-order valence-corrected chi connectivity index (χ3v) is 1.74. The molecular formula is C9H10N2O4. The Morgan fingerprint density at radius 1 is 1.40 bits per heavy atom. The Hall–Kier alpha value is -2.24. The zero-order valence-corrected chi connectivity index (χ0v) is 7.68. The summed E-state index contributed by atoms with van der Waals surface area (Å²) >= 11 is 0. The molecule has 2 amide bonds. The number of aromatic hydroxyl groups is 1.